The van der Waals surface area contributed by atoms with Crippen LogP contribution < -0.4 is 5.32 Å². The summed E-state index contributed by atoms with van der Waals surface area (Å²) in [4.78, 5) is 24.9. The standard InChI is InChI=1S/C33H31N3O3/c37-32(35-28-17-14-27(15-18-28)33(38)39)29-19-16-26(13-8-22-6-7-22)30-20-34-36(31(29)30)21-23-9-11-25(12-10-23)24-4-2-1-3-5-24/h1-5,9-12,16,19-20,22,27-28H,6-7,14-15,17-18,21H2,(H,35,37)(H,38,39). The van der Waals surface area contributed by atoms with Gasteiger partial charge in [0, 0.05) is 22.9 Å². The van der Waals surface area contributed by atoms with Gasteiger partial charge in [0.2, 0.25) is 0 Å². The van der Waals surface area contributed by atoms with Gasteiger partial charge in [0.05, 0.1) is 29.7 Å². The molecule has 6 nitrogen and oxygen atoms in total. The molecule has 6 rings (SSSR count). The van der Waals surface area contributed by atoms with Crippen LogP contribution in [0.2, 0.25) is 0 Å². The number of aromatic nitrogens is 2. The number of rotatable bonds is 6. The smallest absolute Gasteiger partial charge is 0.306 e. The molecule has 0 unspecified atom stereocenters. The van der Waals surface area contributed by atoms with E-state index in [2.05, 4.69) is 53.6 Å². The Morgan fingerprint density at radius 2 is 1.62 bits per heavy atom. The molecule has 2 aliphatic rings. The van der Waals surface area contributed by atoms with Crippen LogP contribution in [-0.2, 0) is 11.3 Å². The van der Waals surface area contributed by atoms with E-state index in [1.54, 1.807) is 0 Å². The number of amides is 1. The van der Waals surface area contributed by atoms with Crippen molar-refractivity contribution < 1.29 is 14.7 Å². The van der Waals surface area contributed by atoms with Crippen LogP contribution in [0.3, 0.4) is 0 Å². The van der Waals surface area contributed by atoms with Crippen LogP contribution in [0, 0.1) is 23.7 Å². The second kappa shape index (κ2) is 10.8. The minimum atomic E-state index is -0.745. The van der Waals surface area contributed by atoms with Crippen molar-refractivity contribution in [3.63, 3.8) is 0 Å². The third-order valence-corrected chi connectivity index (χ3v) is 7.84. The SMILES string of the molecule is O=C(NC1CCC(C(=O)O)CC1)c1ccc(C#CC2CC2)c2cnn(Cc3ccc(-c4ccccc4)cc3)c12. The molecule has 0 radical (unpaired) electrons. The van der Waals surface area contributed by atoms with Crippen LogP contribution in [0.25, 0.3) is 22.0 Å². The molecule has 0 aliphatic heterocycles. The molecular formula is C33H31N3O3. The number of carboxylic acids is 1. The molecule has 6 heteroatoms. The highest BCUT2D eigenvalue weighted by Gasteiger charge is 2.28. The second-order valence-electron chi connectivity index (χ2n) is 10.7. The summed E-state index contributed by atoms with van der Waals surface area (Å²) in [5.41, 5.74) is 5.65. The number of aliphatic carboxylic acids is 1. The highest BCUT2D eigenvalue weighted by Crippen LogP contribution is 2.30. The maximum Gasteiger partial charge on any atom is 0.306 e. The lowest BCUT2D eigenvalue weighted by Crippen LogP contribution is -2.38. The van der Waals surface area contributed by atoms with Gasteiger partial charge in [0.1, 0.15) is 0 Å². The molecule has 1 heterocycles. The summed E-state index contributed by atoms with van der Waals surface area (Å²) in [6.45, 7) is 0.530. The molecule has 4 aromatic rings. The van der Waals surface area contributed by atoms with Crippen LogP contribution in [0.4, 0.5) is 0 Å². The van der Waals surface area contributed by atoms with Gasteiger partial charge >= 0.3 is 5.97 Å². The van der Waals surface area contributed by atoms with E-state index >= 15 is 0 Å². The monoisotopic (exact) mass is 517 g/mol. The molecule has 3 aromatic carbocycles. The average Bonchev–Trinajstić information content (AvgIpc) is 3.71. The van der Waals surface area contributed by atoms with Crippen molar-refractivity contribution in [2.75, 3.05) is 0 Å². The van der Waals surface area contributed by atoms with Gasteiger partial charge in [-0.1, -0.05) is 66.4 Å². The first-order valence-corrected chi connectivity index (χ1v) is 13.7. The summed E-state index contributed by atoms with van der Waals surface area (Å²) in [6.07, 6.45) is 6.63. The zero-order valence-corrected chi connectivity index (χ0v) is 21.8. The average molecular weight is 518 g/mol. The Kier molecular flexibility index (Phi) is 6.89. The van der Waals surface area contributed by atoms with E-state index in [0.29, 0.717) is 43.7 Å². The van der Waals surface area contributed by atoms with Crippen molar-refractivity contribution in [3.8, 4) is 23.0 Å². The fraction of sp³-hybridized carbons (Fsp3) is 0.303. The van der Waals surface area contributed by atoms with Gasteiger partial charge in [-0.15, -0.1) is 0 Å². The summed E-state index contributed by atoms with van der Waals surface area (Å²) >= 11 is 0. The highest BCUT2D eigenvalue weighted by atomic mass is 16.4. The van der Waals surface area contributed by atoms with E-state index in [9.17, 15) is 14.7 Å². The van der Waals surface area contributed by atoms with Gasteiger partial charge in [0.25, 0.3) is 5.91 Å². The molecular weight excluding hydrogens is 486 g/mol. The van der Waals surface area contributed by atoms with Gasteiger partial charge in [-0.25, -0.2) is 0 Å². The van der Waals surface area contributed by atoms with Crippen molar-refractivity contribution in [3.05, 3.63) is 89.6 Å². The highest BCUT2D eigenvalue weighted by molar-refractivity contribution is 6.07. The molecule has 2 saturated carbocycles. The van der Waals surface area contributed by atoms with Crippen molar-refractivity contribution in [2.24, 2.45) is 11.8 Å². The number of benzene rings is 3. The molecule has 1 amide bonds. The first-order chi connectivity index (χ1) is 19.0. The summed E-state index contributed by atoms with van der Waals surface area (Å²) in [5.74, 6) is 5.92. The summed E-state index contributed by atoms with van der Waals surface area (Å²) < 4.78 is 1.89. The predicted octanol–water partition coefficient (Wildman–Crippen LogP) is 5.89. The lowest BCUT2D eigenvalue weighted by molar-refractivity contribution is -0.142. The van der Waals surface area contributed by atoms with Gasteiger partial charge in [-0.2, -0.15) is 5.10 Å². The second-order valence-corrected chi connectivity index (χ2v) is 10.7. The molecule has 2 N–H and O–H groups in total. The maximum atomic E-state index is 13.5. The summed E-state index contributed by atoms with van der Waals surface area (Å²) in [6, 6.07) is 22.5. The number of nitrogens with one attached hydrogen (secondary N) is 1. The molecule has 1 aromatic heterocycles. The van der Waals surface area contributed by atoms with Crippen molar-refractivity contribution in [2.45, 2.75) is 51.1 Å². The Bertz CT molecular complexity index is 1570. The van der Waals surface area contributed by atoms with Crippen LogP contribution in [-0.4, -0.2) is 32.8 Å². The molecule has 196 valence electrons. The van der Waals surface area contributed by atoms with Crippen LogP contribution in [0.1, 0.15) is 60.0 Å². The lowest BCUT2D eigenvalue weighted by Gasteiger charge is -2.27. The quantitative estimate of drug-likeness (QED) is 0.313. The number of nitrogens with zero attached hydrogens (tertiary/aromatic N) is 2. The third-order valence-electron chi connectivity index (χ3n) is 7.84. The Hall–Kier alpha value is -4.37. The number of hydrogen-bond donors (Lipinski definition) is 2. The van der Waals surface area contributed by atoms with Gasteiger partial charge in [-0.3, -0.25) is 14.3 Å². The van der Waals surface area contributed by atoms with Crippen LogP contribution >= 0.6 is 0 Å². The Morgan fingerprint density at radius 1 is 0.897 bits per heavy atom. The summed E-state index contributed by atoms with van der Waals surface area (Å²) in [5, 5.41) is 18.0. The van der Waals surface area contributed by atoms with Crippen molar-refractivity contribution >= 4 is 22.8 Å². The lowest BCUT2D eigenvalue weighted by atomic mass is 9.86. The normalized spacial score (nSPS) is 18.8. The largest absolute Gasteiger partial charge is 0.481 e. The molecule has 0 spiro atoms. The number of carbonyl (C=O) groups excluding carboxylic acids is 1. The molecule has 0 bridgehead atoms. The molecule has 39 heavy (non-hydrogen) atoms. The zero-order chi connectivity index (χ0) is 26.8. The Balaban J connectivity index is 1.29. The van der Waals surface area contributed by atoms with Crippen LogP contribution in [0.15, 0.2) is 72.9 Å². The number of hydrogen-bond acceptors (Lipinski definition) is 3. The summed E-state index contributed by atoms with van der Waals surface area (Å²) in [7, 11) is 0. The van der Waals surface area contributed by atoms with E-state index < -0.39 is 5.97 Å². The van der Waals surface area contributed by atoms with E-state index in [-0.39, 0.29) is 17.9 Å². The maximum absolute atomic E-state index is 13.5. The van der Waals surface area contributed by atoms with E-state index in [1.165, 1.54) is 5.56 Å². The number of carboxylic acid groups (broad SMARTS) is 1. The van der Waals surface area contributed by atoms with Gasteiger partial charge in [0.15, 0.2) is 0 Å². The number of fused-ring (bicyclic) bond motifs is 1. The minimum Gasteiger partial charge on any atom is -0.481 e. The molecule has 2 fully saturated rings. The predicted molar refractivity (Wildman–Crippen MR) is 151 cm³/mol. The van der Waals surface area contributed by atoms with E-state index in [1.807, 2.05) is 41.2 Å². The van der Waals surface area contributed by atoms with Crippen molar-refractivity contribution in [1.29, 1.82) is 0 Å². The topological polar surface area (TPSA) is 84.2 Å². The third kappa shape index (κ3) is 5.58. The van der Waals surface area contributed by atoms with Gasteiger partial charge in [-0.05, 0) is 67.3 Å². The van der Waals surface area contributed by atoms with Crippen LogP contribution in [0.5, 0.6) is 0 Å². The molecule has 0 saturated heterocycles. The Morgan fingerprint density at radius 3 is 2.31 bits per heavy atom. The molecule has 2 aliphatic carbocycles. The first-order valence-electron chi connectivity index (χ1n) is 13.7. The van der Waals surface area contributed by atoms with Crippen molar-refractivity contribution in [1.82, 2.24) is 15.1 Å². The fourth-order valence-corrected chi connectivity index (χ4v) is 5.38. The fourth-order valence-electron chi connectivity index (χ4n) is 5.38. The Labute approximate surface area is 228 Å². The van der Waals surface area contributed by atoms with E-state index in [4.69, 9.17) is 5.10 Å². The molecule has 0 atom stereocenters. The first kappa shape index (κ1) is 24.9. The van der Waals surface area contributed by atoms with E-state index in [0.717, 1.165) is 40.4 Å². The zero-order valence-electron chi connectivity index (χ0n) is 21.8. The minimum absolute atomic E-state index is 0.0283. The van der Waals surface area contributed by atoms with Gasteiger partial charge < -0.3 is 10.4 Å². The number of carbonyl (C=O) groups is 2.